The lowest BCUT2D eigenvalue weighted by atomic mass is 9.92. The van der Waals surface area contributed by atoms with E-state index in [1.54, 1.807) is 0 Å². The van der Waals surface area contributed by atoms with E-state index >= 15 is 0 Å². The van der Waals surface area contributed by atoms with E-state index in [0.717, 1.165) is 5.56 Å². The molecule has 0 bridgehead atoms. The molecule has 162 valence electrons. The lowest BCUT2D eigenvalue weighted by Gasteiger charge is -2.23. The van der Waals surface area contributed by atoms with Crippen LogP contribution in [0.25, 0.3) is 0 Å². The fourth-order valence-corrected chi connectivity index (χ4v) is 3.35. The van der Waals surface area contributed by atoms with Crippen LogP contribution in [0.3, 0.4) is 0 Å². The van der Waals surface area contributed by atoms with E-state index in [4.69, 9.17) is 0 Å². The van der Waals surface area contributed by atoms with Gasteiger partial charge in [0.05, 0.1) is 16.4 Å². The number of aromatic amines is 1. The second kappa shape index (κ2) is 8.30. The van der Waals surface area contributed by atoms with Gasteiger partial charge in [-0.3, -0.25) is 29.5 Å². The van der Waals surface area contributed by atoms with E-state index in [1.807, 2.05) is 31.2 Å². The highest BCUT2D eigenvalue weighted by atomic mass is 16.6. The summed E-state index contributed by atoms with van der Waals surface area (Å²) < 4.78 is 0. The Bertz CT molecular complexity index is 1280. The number of non-ortho nitro benzene ring substituents is 1. The number of fused-ring (bicyclic) bond motifs is 1. The van der Waals surface area contributed by atoms with Gasteiger partial charge < -0.3 is 16.0 Å². The maximum atomic E-state index is 12.9. The van der Waals surface area contributed by atoms with Crippen molar-refractivity contribution in [2.24, 2.45) is 0 Å². The first-order chi connectivity index (χ1) is 15.3. The molecule has 4 N–H and O–H groups in total. The fourth-order valence-electron chi connectivity index (χ4n) is 3.35. The van der Waals surface area contributed by atoms with Crippen LogP contribution >= 0.6 is 0 Å². The van der Waals surface area contributed by atoms with Gasteiger partial charge in [-0.05, 0) is 25.1 Å². The zero-order chi connectivity index (χ0) is 22.8. The molecule has 0 saturated carbocycles. The van der Waals surface area contributed by atoms with Crippen molar-refractivity contribution in [3.63, 3.8) is 0 Å². The maximum Gasteiger partial charge on any atom is 0.271 e. The summed E-state index contributed by atoms with van der Waals surface area (Å²) in [6, 6.07) is 12.8. The van der Waals surface area contributed by atoms with Crippen LogP contribution < -0.4 is 21.5 Å². The Labute approximate surface area is 181 Å². The highest BCUT2D eigenvalue weighted by molar-refractivity contribution is 6.04. The minimum atomic E-state index is -1.11. The Morgan fingerprint density at radius 1 is 1.16 bits per heavy atom. The Kier molecular flexibility index (Phi) is 5.37. The second-order valence-electron chi connectivity index (χ2n) is 7.27. The normalized spacial score (nSPS) is 14.8. The Hall–Kier alpha value is -4.54. The van der Waals surface area contributed by atoms with Crippen LogP contribution in [-0.2, 0) is 9.59 Å². The molecule has 0 radical (unpaired) electrons. The molecule has 32 heavy (non-hydrogen) atoms. The largest absolute Gasteiger partial charge is 0.326 e. The van der Waals surface area contributed by atoms with Gasteiger partial charge in [0.15, 0.2) is 0 Å². The van der Waals surface area contributed by atoms with Crippen LogP contribution in [0.1, 0.15) is 23.5 Å². The maximum absolute atomic E-state index is 12.9. The molecular weight excluding hydrogens is 416 g/mol. The highest BCUT2D eigenvalue weighted by Crippen LogP contribution is 2.30. The highest BCUT2D eigenvalue weighted by Gasteiger charge is 2.35. The van der Waals surface area contributed by atoms with E-state index in [-0.39, 0.29) is 35.1 Å². The molecule has 0 spiro atoms. The fraction of sp³-hybridized carbons (Fsp3) is 0.143. The molecule has 1 aliphatic heterocycles. The number of nitrogens with zero attached hydrogens (tertiary/aromatic N) is 2. The van der Waals surface area contributed by atoms with Crippen LogP contribution in [-0.4, -0.2) is 26.7 Å². The van der Waals surface area contributed by atoms with Crippen LogP contribution in [0.15, 0.2) is 53.3 Å². The molecule has 11 nitrogen and oxygen atoms in total. The smallest absolute Gasteiger partial charge is 0.271 e. The number of nitro groups is 1. The molecule has 4 rings (SSSR count). The summed E-state index contributed by atoms with van der Waals surface area (Å²) in [7, 11) is 0. The molecule has 2 amide bonds. The van der Waals surface area contributed by atoms with Gasteiger partial charge in [0.25, 0.3) is 11.2 Å². The van der Waals surface area contributed by atoms with Gasteiger partial charge in [0.1, 0.15) is 5.82 Å². The first kappa shape index (κ1) is 20.7. The summed E-state index contributed by atoms with van der Waals surface area (Å²) in [6.45, 7) is 1.94. The first-order valence-electron chi connectivity index (χ1n) is 9.63. The Morgan fingerprint density at radius 3 is 2.62 bits per heavy atom. The van der Waals surface area contributed by atoms with Gasteiger partial charge in [-0.2, -0.15) is 4.98 Å². The Balaban J connectivity index is 1.62. The number of anilines is 4. The number of hydrogen-bond acceptors (Lipinski definition) is 7. The van der Waals surface area contributed by atoms with Crippen molar-refractivity contribution in [2.45, 2.75) is 19.3 Å². The third-order valence-corrected chi connectivity index (χ3v) is 4.91. The number of aromatic nitrogens is 2. The third-order valence-electron chi connectivity index (χ3n) is 4.91. The second-order valence-corrected chi connectivity index (χ2v) is 7.27. The van der Waals surface area contributed by atoms with Gasteiger partial charge in [-0.25, -0.2) is 0 Å². The standard InChI is InChI=1S/C21H18N6O5/c1-11-5-7-12(8-6-11)23-21-25-18-17(20(30)26-21)15(10-16(28)24-18)19(29)22-13-3-2-4-14(9-13)27(31)32/h2-9,15H,10H2,1H3,(H,22,29)(H3,23,24,25,26,28,30)/t15-/m0/s1. The summed E-state index contributed by atoms with van der Waals surface area (Å²) in [6.07, 6.45) is -0.261. The summed E-state index contributed by atoms with van der Waals surface area (Å²) >= 11 is 0. The molecule has 1 aromatic heterocycles. The average molecular weight is 434 g/mol. The average Bonchev–Trinajstić information content (AvgIpc) is 2.74. The van der Waals surface area contributed by atoms with Gasteiger partial charge in [-0.15, -0.1) is 0 Å². The van der Waals surface area contributed by atoms with Crippen molar-refractivity contribution in [1.29, 1.82) is 0 Å². The summed E-state index contributed by atoms with van der Waals surface area (Å²) in [4.78, 5) is 55.1. The predicted octanol–water partition coefficient (Wildman–Crippen LogP) is 2.79. The summed E-state index contributed by atoms with van der Waals surface area (Å²) in [5, 5.41) is 19.0. The zero-order valence-corrected chi connectivity index (χ0v) is 16.8. The molecule has 2 heterocycles. The summed E-state index contributed by atoms with van der Waals surface area (Å²) in [5.41, 5.74) is 1.16. The minimum absolute atomic E-state index is 0.0150. The molecule has 11 heteroatoms. The molecule has 1 aliphatic rings. The monoisotopic (exact) mass is 434 g/mol. The predicted molar refractivity (Wildman–Crippen MR) is 117 cm³/mol. The molecule has 0 unspecified atom stereocenters. The van der Waals surface area contributed by atoms with Gasteiger partial charge in [0.2, 0.25) is 17.8 Å². The zero-order valence-electron chi connectivity index (χ0n) is 16.8. The van der Waals surface area contributed by atoms with Crippen LogP contribution in [0, 0.1) is 17.0 Å². The van der Waals surface area contributed by atoms with E-state index in [0.29, 0.717) is 5.69 Å². The van der Waals surface area contributed by atoms with Crippen molar-refractivity contribution < 1.29 is 14.5 Å². The van der Waals surface area contributed by atoms with Crippen molar-refractivity contribution in [2.75, 3.05) is 16.0 Å². The number of amides is 2. The number of carbonyl (C=O) groups excluding carboxylic acids is 2. The van der Waals surface area contributed by atoms with E-state index in [2.05, 4.69) is 25.9 Å². The van der Waals surface area contributed by atoms with Crippen LogP contribution in [0.4, 0.5) is 28.8 Å². The summed E-state index contributed by atoms with van der Waals surface area (Å²) in [5.74, 6) is -2.14. The number of aryl methyl sites for hydroxylation is 1. The number of rotatable bonds is 5. The lowest BCUT2D eigenvalue weighted by Crippen LogP contribution is -2.36. The first-order valence-corrected chi connectivity index (χ1v) is 9.63. The van der Waals surface area contributed by atoms with Gasteiger partial charge in [-0.1, -0.05) is 23.8 Å². The van der Waals surface area contributed by atoms with Gasteiger partial charge >= 0.3 is 0 Å². The number of carbonyl (C=O) groups is 2. The topological polar surface area (TPSA) is 159 Å². The number of nitrogens with one attached hydrogen (secondary N) is 4. The van der Waals surface area contributed by atoms with Crippen molar-refractivity contribution >= 4 is 40.6 Å². The molecular formula is C21H18N6O5. The number of hydrogen-bond donors (Lipinski definition) is 4. The van der Waals surface area contributed by atoms with Crippen molar-refractivity contribution in [1.82, 2.24) is 9.97 Å². The molecule has 0 aliphatic carbocycles. The van der Waals surface area contributed by atoms with E-state index in [1.165, 1.54) is 24.3 Å². The van der Waals surface area contributed by atoms with E-state index < -0.39 is 28.2 Å². The SMILES string of the molecule is Cc1ccc(Nc2nc3c(c(=O)[nH]2)[C@@H](C(=O)Nc2cccc([N+](=O)[O-])c2)CC(=O)N3)cc1. The van der Waals surface area contributed by atoms with Crippen molar-refractivity contribution in [3.8, 4) is 0 Å². The minimum Gasteiger partial charge on any atom is -0.326 e. The third kappa shape index (κ3) is 4.31. The van der Waals surface area contributed by atoms with Crippen LogP contribution in [0.5, 0.6) is 0 Å². The van der Waals surface area contributed by atoms with Gasteiger partial charge in [0, 0.05) is 29.9 Å². The molecule has 3 aromatic rings. The quantitative estimate of drug-likeness (QED) is 0.355. The number of benzene rings is 2. The van der Waals surface area contributed by atoms with Crippen molar-refractivity contribution in [3.05, 3.63) is 80.1 Å². The molecule has 0 fully saturated rings. The number of H-pyrrole nitrogens is 1. The lowest BCUT2D eigenvalue weighted by molar-refractivity contribution is -0.384. The molecule has 2 aromatic carbocycles. The molecule has 1 atom stereocenters. The number of nitro benzene ring substituents is 1. The van der Waals surface area contributed by atoms with E-state index in [9.17, 15) is 24.5 Å². The Morgan fingerprint density at radius 2 is 1.91 bits per heavy atom. The van der Waals surface area contributed by atoms with Crippen LogP contribution in [0.2, 0.25) is 0 Å². The molecule has 0 saturated heterocycles.